The lowest BCUT2D eigenvalue weighted by molar-refractivity contribution is 0.415. The van der Waals surface area contributed by atoms with Crippen LogP contribution in [0.25, 0.3) is 11.2 Å². The van der Waals surface area contributed by atoms with Gasteiger partial charge in [0.1, 0.15) is 5.75 Å². The summed E-state index contributed by atoms with van der Waals surface area (Å²) in [5.74, 6) is 1.42. The molecule has 5 rings (SSSR count). The first-order valence-corrected chi connectivity index (χ1v) is 10.6. The summed E-state index contributed by atoms with van der Waals surface area (Å²) in [6, 6.07) is 15.6. The Balaban J connectivity index is 1.69. The van der Waals surface area contributed by atoms with Crippen molar-refractivity contribution in [2.45, 2.75) is 26.4 Å². The Kier molecular flexibility index (Phi) is 4.84. The van der Waals surface area contributed by atoms with Crippen LogP contribution in [0.2, 0.25) is 0 Å². The molecule has 0 spiro atoms. The van der Waals surface area contributed by atoms with Crippen molar-refractivity contribution >= 4 is 22.8 Å². The van der Waals surface area contributed by atoms with E-state index < -0.39 is 0 Å². The standard InChI is InChI=1S/C24H25N5O3/c1-16-7-4-8-17(13-16)15-29-22(30)20-21(26(2)24(29)31)25-23-27(11-6-12-28(20)23)18-9-5-10-19(14-18)32-3/h4-5,7-10,13-14H,6,11-12,15H2,1-3H3. The minimum atomic E-state index is -0.368. The van der Waals surface area contributed by atoms with E-state index >= 15 is 0 Å². The highest BCUT2D eigenvalue weighted by atomic mass is 16.5. The second kappa shape index (κ2) is 7.71. The summed E-state index contributed by atoms with van der Waals surface area (Å²) < 4.78 is 10.1. The highest BCUT2D eigenvalue weighted by Crippen LogP contribution is 2.32. The van der Waals surface area contributed by atoms with Crippen LogP contribution in [0.1, 0.15) is 17.5 Å². The number of rotatable bonds is 4. The summed E-state index contributed by atoms with van der Waals surface area (Å²) in [5, 5.41) is 0. The van der Waals surface area contributed by atoms with Crippen LogP contribution in [-0.2, 0) is 20.1 Å². The number of anilines is 2. The molecule has 2 aromatic heterocycles. The number of hydrogen-bond donors (Lipinski definition) is 0. The molecular formula is C24H25N5O3. The van der Waals surface area contributed by atoms with Gasteiger partial charge in [-0.25, -0.2) is 4.79 Å². The van der Waals surface area contributed by atoms with Crippen LogP contribution in [0.3, 0.4) is 0 Å². The van der Waals surface area contributed by atoms with Gasteiger partial charge in [-0.2, -0.15) is 4.98 Å². The van der Waals surface area contributed by atoms with Crippen LogP contribution in [-0.4, -0.2) is 32.3 Å². The van der Waals surface area contributed by atoms with Gasteiger partial charge < -0.3 is 14.2 Å². The number of nitrogens with zero attached hydrogens (tertiary/aromatic N) is 5. The van der Waals surface area contributed by atoms with E-state index in [1.807, 2.05) is 60.0 Å². The maximum absolute atomic E-state index is 13.5. The van der Waals surface area contributed by atoms with Crippen molar-refractivity contribution in [1.29, 1.82) is 0 Å². The van der Waals surface area contributed by atoms with Crippen LogP contribution in [0.5, 0.6) is 5.75 Å². The molecule has 1 aliphatic rings. The zero-order valence-electron chi connectivity index (χ0n) is 18.4. The molecule has 164 valence electrons. The number of ether oxygens (including phenoxy) is 1. The fraction of sp³-hybridized carbons (Fsp3) is 0.292. The summed E-state index contributed by atoms with van der Waals surface area (Å²) in [4.78, 5) is 33.4. The molecule has 0 saturated carbocycles. The molecule has 0 radical (unpaired) electrons. The number of benzene rings is 2. The van der Waals surface area contributed by atoms with Crippen molar-refractivity contribution in [2.24, 2.45) is 7.05 Å². The van der Waals surface area contributed by atoms with Crippen molar-refractivity contribution < 1.29 is 4.74 Å². The highest BCUT2D eigenvalue weighted by molar-refractivity contribution is 5.77. The molecule has 3 heterocycles. The van der Waals surface area contributed by atoms with Crippen LogP contribution >= 0.6 is 0 Å². The molecule has 8 nitrogen and oxygen atoms in total. The predicted octanol–water partition coefficient (Wildman–Crippen LogP) is 2.80. The molecule has 0 fully saturated rings. The lowest BCUT2D eigenvalue weighted by Gasteiger charge is -2.29. The van der Waals surface area contributed by atoms with Gasteiger partial charge in [-0.15, -0.1) is 0 Å². The van der Waals surface area contributed by atoms with E-state index in [0.29, 0.717) is 23.7 Å². The monoisotopic (exact) mass is 431 g/mol. The third-order valence-electron chi connectivity index (χ3n) is 6.01. The maximum Gasteiger partial charge on any atom is 0.332 e. The Bertz CT molecular complexity index is 1450. The SMILES string of the molecule is COc1cccc(N2CCCn3c2nc2c3c(=O)n(Cc3cccc(C)c3)c(=O)n2C)c1. The number of hydrogen-bond acceptors (Lipinski definition) is 5. The van der Waals surface area contributed by atoms with Gasteiger partial charge in [0.25, 0.3) is 5.56 Å². The number of methoxy groups -OCH3 is 1. The first-order valence-electron chi connectivity index (χ1n) is 10.6. The zero-order valence-corrected chi connectivity index (χ0v) is 18.4. The molecule has 0 aliphatic carbocycles. The lowest BCUT2D eigenvalue weighted by atomic mass is 10.1. The van der Waals surface area contributed by atoms with Gasteiger partial charge in [-0.05, 0) is 31.0 Å². The first-order chi connectivity index (χ1) is 15.5. The van der Waals surface area contributed by atoms with Gasteiger partial charge in [-0.1, -0.05) is 35.9 Å². The van der Waals surface area contributed by atoms with E-state index in [1.54, 1.807) is 14.2 Å². The van der Waals surface area contributed by atoms with E-state index in [1.165, 1.54) is 9.13 Å². The quantitative estimate of drug-likeness (QED) is 0.497. The van der Waals surface area contributed by atoms with Gasteiger partial charge in [-0.3, -0.25) is 13.9 Å². The van der Waals surface area contributed by atoms with Gasteiger partial charge >= 0.3 is 5.69 Å². The van der Waals surface area contributed by atoms with Crippen LogP contribution < -0.4 is 20.9 Å². The van der Waals surface area contributed by atoms with E-state index in [0.717, 1.165) is 35.5 Å². The van der Waals surface area contributed by atoms with Crippen molar-refractivity contribution in [3.8, 4) is 5.75 Å². The molecule has 0 saturated heterocycles. The molecule has 8 heteroatoms. The normalized spacial score (nSPS) is 13.4. The van der Waals surface area contributed by atoms with E-state index in [-0.39, 0.29) is 17.8 Å². The average Bonchev–Trinajstić information content (AvgIpc) is 3.20. The summed E-state index contributed by atoms with van der Waals surface area (Å²) >= 11 is 0. The van der Waals surface area contributed by atoms with Crippen molar-refractivity contribution in [2.75, 3.05) is 18.6 Å². The maximum atomic E-state index is 13.5. The number of aromatic nitrogens is 4. The first kappa shape index (κ1) is 20.1. The minimum absolute atomic E-state index is 0.225. The van der Waals surface area contributed by atoms with E-state index in [4.69, 9.17) is 9.72 Å². The Morgan fingerprint density at radius 1 is 1.06 bits per heavy atom. The Labute approximate surface area is 184 Å². The molecular weight excluding hydrogens is 406 g/mol. The molecule has 0 unspecified atom stereocenters. The van der Waals surface area contributed by atoms with Crippen molar-refractivity contribution in [1.82, 2.24) is 18.7 Å². The average molecular weight is 431 g/mol. The Morgan fingerprint density at radius 3 is 2.66 bits per heavy atom. The van der Waals surface area contributed by atoms with Gasteiger partial charge in [0.2, 0.25) is 5.95 Å². The van der Waals surface area contributed by atoms with Crippen LogP contribution in [0.15, 0.2) is 58.1 Å². The van der Waals surface area contributed by atoms with Gasteiger partial charge in [0.15, 0.2) is 11.2 Å². The fourth-order valence-electron chi connectivity index (χ4n) is 4.42. The van der Waals surface area contributed by atoms with Crippen LogP contribution in [0, 0.1) is 6.92 Å². The largest absolute Gasteiger partial charge is 0.497 e. The van der Waals surface area contributed by atoms with Crippen molar-refractivity contribution in [3.63, 3.8) is 0 Å². The molecule has 0 N–H and O–H groups in total. The number of aryl methyl sites for hydroxylation is 3. The molecule has 1 aliphatic heterocycles. The lowest BCUT2D eigenvalue weighted by Crippen LogP contribution is -2.40. The molecule has 32 heavy (non-hydrogen) atoms. The van der Waals surface area contributed by atoms with Crippen molar-refractivity contribution in [3.05, 3.63) is 80.5 Å². The Hall–Kier alpha value is -3.81. The zero-order chi connectivity index (χ0) is 22.4. The topological polar surface area (TPSA) is 74.3 Å². The summed E-state index contributed by atoms with van der Waals surface area (Å²) in [6.45, 7) is 3.66. The van der Waals surface area contributed by atoms with E-state index in [2.05, 4.69) is 4.90 Å². The summed E-state index contributed by atoms with van der Waals surface area (Å²) in [5.41, 5.74) is 3.13. The van der Waals surface area contributed by atoms with Gasteiger partial charge in [0.05, 0.1) is 13.7 Å². The summed E-state index contributed by atoms with van der Waals surface area (Å²) in [6.07, 6.45) is 0.857. The van der Waals surface area contributed by atoms with Crippen LogP contribution in [0.4, 0.5) is 11.6 Å². The van der Waals surface area contributed by atoms with Gasteiger partial charge in [0, 0.05) is 31.9 Å². The Morgan fingerprint density at radius 2 is 1.88 bits per heavy atom. The predicted molar refractivity (Wildman–Crippen MR) is 124 cm³/mol. The van der Waals surface area contributed by atoms with E-state index in [9.17, 15) is 9.59 Å². The summed E-state index contributed by atoms with van der Waals surface area (Å²) in [7, 11) is 3.31. The third-order valence-corrected chi connectivity index (χ3v) is 6.01. The second-order valence-corrected chi connectivity index (χ2v) is 8.16. The number of fused-ring (bicyclic) bond motifs is 3. The minimum Gasteiger partial charge on any atom is -0.497 e. The molecule has 0 atom stereocenters. The molecule has 2 aromatic carbocycles. The third kappa shape index (κ3) is 3.19. The molecule has 0 amide bonds. The fourth-order valence-corrected chi connectivity index (χ4v) is 4.42. The number of imidazole rings is 1. The highest BCUT2D eigenvalue weighted by Gasteiger charge is 2.27. The smallest absolute Gasteiger partial charge is 0.332 e. The second-order valence-electron chi connectivity index (χ2n) is 8.16. The molecule has 4 aromatic rings. The molecule has 0 bridgehead atoms.